The number of ether oxygens (including phenoxy) is 1. The number of sulfonamides is 1. The van der Waals surface area contributed by atoms with Crippen molar-refractivity contribution in [1.82, 2.24) is 4.72 Å². The van der Waals surface area contributed by atoms with Crippen molar-refractivity contribution in [3.63, 3.8) is 0 Å². The molecule has 0 saturated heterocycles. The number of nitrogens with two attached hydrogens (primary N) is 1. The van der Waals surface area contributed by atoms with Gasteiger partial charge in [-0.3, -0.25) is 0 Å². The van der Waals surface area contributed by atoms with E-state index in [0.717, 1.165) is 24.0 Å². The van der Waals surface area contributed by atoms with Gasteiger partial charge in [-0.25, -0.2) is 13.1 Å². The van der Waals surface area contributed by atoms with Gasteiger partial charge in [0.05, 0.1) is 4.90 Å². The summed E-state index contributed by atoms with van der Waals surface area (Å²) in [6.45, 7) is 3.18. The molecule has 0 aliphatic carbocycles. The van der Waals surface area contributed by atoms with Crippen LogP contribution in [0.1, 0.15) is 24.0 Å². The van der Waals surface area contributed by atoms with E-state index in [9.17, 15) is 8.42 Å². The summed E-state index contributed by atoms with van der Waals surface area (Å²) in [4.78, 5) is 0.240. The molecular weight excluding hydrogens is 344 g/mol. The minimum absolute atomic E-state index is 0.240. The quantitative estimate of drug-likeness (QED) is 0.690. The predicted octanol–water partition coefficient (Wildman–Crippen LogP) is 1.92. The molecule has 0 aliphatic rings. The number of methoxy groups -OCH3 is 1. The molecule has 1 aromatic carbocycles. The number of unbranched alkanes of at least 4 members (excludes halogenated alkanes) is 1. The molecule has 7 heteroatoms. The summed E-state index contributed by atoms with van der Waals surface area (Å²) in [5.41, 5.74) is 7.24. The van der Waals surface area contributed by atoms with Crippen LogP contribution in [0.25, 0.3) is 0 Å². The first-order valence-corrected chi connectivity index (χ1v) is 8.67. The first-order chi connectivity index (χ1) is 9.42. The molecule has 0 heterocycles. The van der Waals surface area contributed by atoms with Gasteiger partial charge in [0.1, 0.15) is 0 Å². The summed E-state index contributed by atoms with van der Waals surface area (Å²) < 4.78 is 32.7. The zero-order chi connectivity index (χ0) is 15.2. The SMILES string of the molecule is COCCCCNS(=O)(=O)c1cc(CN)cc(C)c1Br. The number of aryl methyl sites for hydroxylation is 1. The third-order valence-electron chi connectivity index (χ3n) is 2.87. The van der Waals surface area contributed by atoms with Crippen LogP contribution in [0.4, 0.5) is 0 Å². The lowest BCUT2D eigenvalue weighted by molar-refractivity contribution is 0.193. The van der Waals surface area contributed by atoms with E-state index in [4.69, 9.17) is 10.5 Å². The monoisotopic (exact) mass is 364 g/mol. The lowest BCUT2D eigenvalue weighted by atomic mass is 10.1. The molecule has 0 unspecified atom stereocenters. The van der Waals surface area contributed by atoms with E-state index in [1.807, 2.05) is 13.0 Å². The molecule has 0 bridgehead atoms. The van der Waals surface area contributed by atoms with Crippen molar-refractivity contribution >= 4 is 26.0 Å². The maximum absolute atomic E-state index is 12.3. The minimum atomic E-state index is -3.53. The van der Waals surface area contributed by atoms with E-state index in [0.29, 0.717) is 24.2 Å². The van der Waals surface area contributed by atoms with Crippen molar-refractivity contribution in [2.45, 2.75) is 31.2 Å². The van der Waals surface area contributed by atoms with Gasteiger partial charge in [-0.2, -0.15) is 0 Å². The van der Waals surface area contributed by atoms with E-state index >= 15 is 0 Å². The molecule has 3 N–H and O–H groups in total. The summed E-state index contributed by atoms with van der Waals surface area (Å²) in [7, 11) is -1.90. The van der Waals surface area contributed by atoms with Gasteiger partial charge in [-0.05, 0) is 52.9 Å². The first kappa shape index (κ1) is 17.6. The highest BCUT2D eigenvalue weighted by atomic mass is 79.9. The molecule has 0 saturated carbocycles. The van der Waals surface area contributed by atoms with Gasteiger partial charge >= 0.3 is 0 Å². The lowest BCUT2D eigenvalue weighted by Crippen LogP contribution is -2.25. The summed E-state index contributed by atoms with van der Waals surface area (Å²) in [5.74, 6) is 0. The zero-order valence-electron chi connectivity index (χ0n) is 11.8. The largest absolute Gasteiger partial charge is 0.385 e. The van der Waals surface area contributed by atoms with Crippen molar-refractivity contribution in [1.29, 1.82) is 0 Å². The topological polar surface area (TPSA) is 81.4 Å². The van der Waals surface area contributed by atoms with Crippen molar-refractivity contribution in [2.75, 3.05) is 20.3 Å². The standard InChI is InChI=1S/C13H21BrN2O3S/c1-10-7-11(9-15)8-12(13(10)14)20(17,18)16-5-3-4-6-19-2/h7-8,16H,3-6,9,15H2,1-2H3. The van der Waals surface area contributed by atoms with E-state index < -0.39 is 10.0 Å². The van der Waals surface area contributed by atoms with Crippen LogP contribution in [0.15, 0.2) is 21.5 Å². The van der Waals surface area contributed by atoms with Crippen LogP contribution in [0.5, 0.6) is 0 Å². The van der Waals surface area contributed by atoms with Gasteiger partial charge in [-0.15, -0.1) is 0 Å². The van der Waals surface area contributed by atoms with Crippen LogP contribution < -0.4 is 10.5 Å². The van der Waals surface area contributed by atoms with Crippen LogP contribution in [0.2, 0.25) is 0 Å². The minimum Gasteiger partial charge on any atom is -0.385 e. The van der Waals surface area contributed by atoms with Gasteiger partial charge in [0.2, 0.25) is 10.0 Å². The Morgan fingerprint density at radius 3 is 2.65 bits per heavy atom. The summed E-state index contributed by atoms with van der Waals surface area (Å²) >= 11 is 3.33. The fourth-order valence-corrected chi connectivity index (χ4v) is 3.92. The second kappa shape index (κ2) is 8.09. The maximum atomic E-state index is 12.3. The Labute approximate surface area is 129 Å². The number of rotatable bonds is 8. The fraction of sp³-hybridized carbons (Fsp3) is 0.538. The van der Waals surface area contributed by atoms with E-state index in [1.165, 1.54) is 0 Å². The Morgan fingerprint density at radius 1 is 1.35 bits per heavy atom. The van der Waals surface area contributed by atoms with E-state index in [2.05, 4.69) is 20.7 Å². The number of hydrogen-bond acceptors (Lipinski definition) is 4. The average Bonchev–Trinajstić information content (AvgIpc) is 2.41. The maximum Gasteiger partial charge on any atom is 0.241 e. The van der Waals surface area contributed by atoms with Crippen LogP contribution in [0, 0.1) is 6.92 Å². The third kappa shape index (κ3) is 4.82. The fourth-order valence-electron chi connectivity index (χ4n) is 1.78. The van der Waals surface area contributed by atoms with E-state index in [-0.39, 0.29) is 4.90 Å². The molecule has 1 aromatic rings. The van der Waals surface area contributed by atoms with Gasteiger partial charge in [0.15, 0.2) is 0 Å². The molecule has 114 valence electrons. The molecule has 5 nitrogen and oxygen atoms in total. The Hall–Kier alpha value is -0.470. The van der Waals surface area contributed by atoms with Crippen molar-refractivity contribution in [3.05, 3.63) is 27.7 Å². The Morgan fingerprint density at radius 2 is 2.05 bits per heavy atom. The molecule has 0 radical (unpaired) electrons. The van der Waals surface area contributed by atoms with Gasteiger partial charge in [0, 0.05) is 31.3 Å². The van der Waals surface area contributed by atoms with Gasteiger partial charge < -0.3 is 10.5 Å². The second-order valence-corrected chi connectivity index (χ2v) is 7.06. The molecule has 1 rings (SSSR count). The summed E-state index contributed by atoms with van der Waals surface area (Å²) in [5, 5.41) is 0. The third-order valence-corrected chi connectivity index (χ3v) is 5.67. The van der Waals surface area contributed by atoms with E-state index in [1.54, 1.807) is 13.2 Å². The summed E-state index contributed by atoms with van der Waals surface area (Å²) in [6.07, 6.45) is 1.56. The molecule has 0 spiro atoms. The Balaban J connectivity index is 2.84. The first-order valence-electron chi connectivity index (χ1n) is 6.40. The van der Waals surface area contributed by atoms with Crippen LogP contribution in [-0.4, -0.2) is 28.7 Å². The van der Waals surface area contributed by atoms with Crippen molar-refractivity contribution < 1.29 is 13.2 Å². The number of halogens is 1. The van der Waals surface area contributed by atoms with Gasteiger partial charge in [-0.1, -0.05) is 6.07 Å². The number of nitrogens with one attached hydrogen (secondary N) is 1. The zero-order valence-corrected chi connectivity index (χ0v) is 14.2. The summed E-state index contributed by atoms with van der Waals surface area (Å²) in [6, 6.07) is 3.48. The number of benzene rings is 1. The molecular formula is C13H21BrN2O3S. The molecule has 0 fully saturated rings. The van der Waals surface area contributed by atoms with Crippen LogP contribution in [0.3, 0.4) is 0 Å². The van der Waals surface area contributed by atoms with Crippen LogP contribution in [-0.2, 0) is 21.3 Å². The highest BCUT2D eigenvalue weighted by Crippen LogP contribution is 2.27. The molecule has 20 heavy (non-hydrogen) atoms. The van der Waals surface area contributed by atoms with Crippen molar-refractivity contribution in [2.24, 2.45) is 5.73 Å². The average molecular weight is 365 g/mol. The Bertz CT molecular complexity index is 547. The smallest absolute Gasteiger partial charge is 0.241 e. The Kier molecular flexibility index (Phi) is 7.11. The van der Waals surface area contributed by atoms with Crippen molar-refractivity contribution in [3.8, 4) is 0 Å². The predicted molar refractivity (Wildman–Crippen MR) is 83.1 cm³/mol. The highest BCUT2D eigenvalue weighted by Gasteiger charge is 2.19. The highest BCUT2D eigenvalue weighted by molar-refractivity contribution is 9.10. The van der Waals surface area contributed by atoms with Crippen LogP contribution >= 0.6 is 15.9 Å². The molecule has 0 amide bonds. The molecule has 0 atom stereocenters. The normalized spacial score (nSPS) is 11.8. The molecule has 0 aromatic heterocycles. The number of hydrogen-bond donors (Lipinski definition) is 2. The van der Waals surface area contributed by atoms with Gasteiger partial charge in [0.25, 0.3) is 0 Å². The lowest BCUT2D eigenvalue weighted by Gasteiger charge is -2.12. The molecule has 0 aliphatic heterocycles. The second-order valence-electron chi connectivity index (χ2n) is 4.53.